The van der Waals surface area contributed by atoms with Gasteiger partial charge in [0.2, 0.25) is 11.8 Å². The van der Waals surface area contributed by atoms with Crippen molar-refractivity contribution < 1.29 is 18.7 Å². The van der Waals surface area contributed by atoms with Gasteiger partial charge in [0.25, 0.3) is 5.22 Å². The van der Waals surface area contributed by atoms with Gasteiger partial charge in [-0.05, 0) is 31.9 Å². The lowest BCUT2D eigenvalue weighted by molar-refractivity contribution is -0.120. The molecule has 1 saturated carbocycles. The molecule has 7 nitrogen and oxygen atoms in total. The van der Waals surface area contributed by atoms with E-state index in [2.05, 4.69) is 15.5 Å². The van der Waals surface area contributed by atoms with Crippen molar-refractivity contribution in [2.45, 2.75) is 49.1 Å². The van der Waals surface area contributed by atoms with Gasteiger partial charge in [-0.2, -0.15) is 0 Å². The molecule has 0 aliphatic heterocycles. The van der Waals surface area contributed by atoms with E-state index in [0.29, 0.717) is 34.2 Å². The zero-order valence-electron chi connectivity index (χ0n) is 15.2. The number of nitrogens with one attached hydrogen (secondary N) is 1. The number of amides is 1. The largest absolute Gasteiger partial charge is 0.497 e. The number of benzene rings is 1. The van der Waals surface area contributed by atoms with Gasteiger partial charge in [0.15, 0.2) is 0 Å². The Labute approximate surface area is 156 Å². The van der Waals surface area contributed by atoms with E-state index in [0.717, 1.165) is 12.8 Å². The topological polar surface area (TPSA) is 86.5 Å². The number of carbonyl (C=O) groups excluding carboxylic acids is 1. The first-order valence-electron chi connectivity index (χ1n) is 8.63. The number of hydrogen-bond donors (Lipinski definition) is 1. The molecule has 0 saturated heterocycles. The smallest absolute Gasteiger partial charge is 0.277 e. The normalized spacial score (nSPS) is 15.7. The second kappa shape index (κ2) is 8.44. The van der Waals surface area contributed by atoms with Crippen LogP contribution >= 0.6 is 11.8 Å². The number of thioether (sulfide) groups is 1. The van der Waals surface area contributed by atoms with Crippen LogP contribution in [0.4, 0.5) is 0 Å². The molecule has 1 atom stereocenters. The third-order valence-electron chi connectivity index (χ3n) is 4.35. The van der Waals surface area contributed by atoms with Crippen molar-refractivity contribution in [1.29, 1.82) is 0 Å². The van der Waals surface area contributed by atoms with Crippen molar-refractivity contribution in [3.05, 3.63) is 18.2 Å². The molecule has 2 aromatic rings. The molecule has 8 heteroatoms. The van der Waals surface area contributed by atoms with Crippen LogP contribution in [0.1, 0.15) is 32.6 Å². The number of carbonyl (C=O) groups is 1. The van der Waals surface area contributed by atoms with E-state index in [-0.39, 0.29) is 11.2 Å². The summed E-state index contributed by atoms with van der Waals surface area (Å²) in [6, 6.07) is 5.65. The lowest BCUT2D eigenvalue weighted by atomic mass is 10.2. The van der Waals surface area contributed by atoms with Crippen molar-refractivity contribution in [3.63, 3.8) is 0 Å². The minimum absolute atomic E-state index is 0.00435. The van der Waals surface area contributed by atoms with E-state index in [9.17, 15) is 4.79 Å². The van der Waals surface area contributed by atoms with Gasteiger partial charge in [-0.15, -0.1) is 10.2 Å². The summed E-state index contributed by atoms with van der Waals surface area (Å²) in [5.74, 6) is 1.63. The van der Waals surface area contributed by atoms with Crippen molar-refractivity contribution in [3.8, 4) is 23.0 Å². The SMILES string of the molecule is COc1cc(OC)cc(-c2nnc(S[C@@H](C)C(=O)NC3CCCC3)o2)c1. The molecule has 1 amide bonds. The Balaban J connectivity index is 1.66. The van der Waals surface area contributed by atoms with Crippen LogP contribution in [0.5, 0.6) is 11.5 Å². The molecule has 1 aromatic heterocycles. The minimum Gasteiger partial charge on any atom is -0.497 e. The lowest BCUT2D eigenvalue weighted by Crippen LogP contribution is -2.37. The zero-order valence-corrected chi connectivity index (χ0v) is 16.0. The molecular formula is C18H23N3O4S. The van der Waals surface area contributed by atoms with Crippen molar-refractivity contribution in [2.75, 3.05) is 14.2 Å². The Morgan fingerprint density at radius 2 is 1.85 bits per heavy atom. The lowest BCUT2D eigenvalue weighted by Gasteiger charge is -2.14. The maximum Gasteiger partial charge on any atom is 0.277 e. The number of aromatic nitrogens is 2. The molecule has 26 heavy (non-hydrogen) atoms. The Hall–Kier alpha value is -2.22. The van der Waals surface area contributed by atoms with Gasteiger partial charge >= 0.3 is 0 Å². The third kappa shape index (κ3) is 4.49. The summed E-state index contributed by atoms with van der Waals surface area (Å²) in [6.07, 6.45) is 4.49. The summed E-state index contributed by atoms with van der Waals surface area (Å²) in [6.45, 7) is 1.84. The first-order valence-corrected chi connectivity index (χ1v) is 9.51. The summed E-state index contributed by atoms with van der Waals surface area (Å²) in [5.41, 5.74) is 0.698. The highest BCUT2D eigenvalue weighted by atomic mass is 32.2. The standard InChI is InChI=1S/C18H23N3O4S/c1-11(16(22)19-13-6-4-5-7-13)26-18-21-20-17(25-18)12-8-14(23-2)10-15(9-12)24-3/h8-11,13H,4-7H2,1-3H3,(H,19,22)/t11-/m0/s1. The van der Waals surface area contributed by atoms with E-state index in [1.165, 1.54) is 24.6 Å². The van der Waals surface area contributed by atoms with Crippen LogP contribution in [0.3, 0.4) is 0 Å². The molecular weight excluding hydrogens is 354 g/mol. The Bertz CT molecular complexity index is 736. The number of rotatable bonds is 7. The number of ether oxygens (including phenoxy) is 2. The van der Waals surface area contributed by atoms with E-state index < -0.39 is 0 Å². The molecule has 0 unspecified atom stereocenters. The van der Waals surface area contributed by atoms with Crippen LogP contribution < -0.4 is 14.8 Å². The van der Waals surface area contributed by atoms with E-state index in [1.807, 2.05) is 6.92 Å². The van der Waals surface area contributed by atoms with Crippen LogP contribution in [0.15, 0.2) is 27.8 Å². The molecule has 1 aromatic carbocycles. The average molecular weight is 377 g/mol. The molecule has 1 aliphatic carbocycles. The first-order chi connectivity index (χ1) is 12.6. The highest BCUT2D eigenvalue weighted by Gasteiger charge is 2.23. The van der Waals surface area contributed by atoms with E-state index in [4.69, 9.17) is 13.9 Å². The predicted molar refractivity (Wildman–Crippen MR) is 98.6 cm³/mol. The minimum atomic E-state index is -0.302. The zero-order chi connectivity index (χ0) is 18.5. The van der Waals surface area contributed by atoms with Gasteiger partial charge in [0.05, 0.1) is 19.5 Å². The highest BCUT2D eigenvalue weighted by Crippen LogP contribution is 2.31. The summed E-state index contributed by atoms with van der Waals surface area (Å²) in [7, 11) is 3.16. The maximum absolute atomic E-state index is 12.3. The molecule has 0 spiro atoms. The molecule has 0 radical (unpaired) electrons. The number of nitrogens with zero attached hydrogens (tertiary/aromatic N) is 2. The monoisotopic (exact) mass is 377 g/mol. The quantitative estimate of drug-likeness (QED) is 0.741. The fraction of sp³-hybridized carbons (Fsp3) is 0.500. The predicted octanol–water partition coefficient (Wildman–Crippen LogP) is 3.29. The molecule has 1 heterocycles. The molecule has 0 bridgehead atoms. The van der Waals surface area contributed by atoms with Gasteiger partial charge in [0.1, 0.15) is 11.5 Å². The fourth-order valence-corrected chi connectivity index (χ4v) is 3.59. The Kier molecular flexibility index (Phi) is 6.03. The van der Waals surface area contributed by atoms with E-state index in [1.54, 1.807) is 32.4 Å². The van der Waals surface area contributed by atoms with Gasteiger partial charge in [-0.3, -0.25) is 4.79 Å². The van der Waals surface area contributed by atoms with Crippen LogP contribution in [0.25, 0.3) is 11.5 Å². The second-order valence-corrected chi connectivity index (χ2v) is 7.52. The molecule has 1 aliphatic rings. The van der Waals surface area contributed by atoms with Crippen LogP contribution in [0.2, 0.25) is 0 Å². The fourth-order valence-electron chi connectivity index (χ4n) is 2.90. The molecule has 3 rings (SSSR count). The molecule has 140 valence electrons. The number of methoxy groups -OCH3 is 2. The van der Waals surface area contributed by atoms with Crippen molar-refractivity contribution in [2.24, 2.45) is 0 Å². The van der Waals surface area contributed by atoms with Gasteiger partial charge in [-0.1, -0.05) is 24.6 Å². The Morgan fingerprint density at radius 3 is 2.46 bits per heavy atom. The van der Waals surface area contributed by atoms with Gasteiger partial charge in [0, 0.05) is 17.7 Å². The van der Waals surface area contributed by atoms with Crippen molar-refractivity contribution in [1.82, 2.24) is 15.5 Å². The average Bonchev–Trinajstić information content (AvgIpc) is 3.33. The van der Waals surface area contributed by atoms with Gasteiger partial charge < -0.3 is 19.2 Å². The van der Waals surface area contributed by atoms with Crippen molar-refractivity contribution >= 4 is 17.7 Å². The van der Waals surface area contributed by atoms with Crippen LogP contribution in [-0.4, -0.2) is 41.6 Å². The second-order valence-electron chi connectivity index (χ2n) is 6.22. The summed E-state index contributed by atoms with van der Waals surface area (Å²) >= 11 is 1.26. The number of hydrogen-bond acceptors (Lipinski definition) is 7. The van der Waals surface area contributed by atoms with Crippen LogP contribution in [-0.2, 0) is 4.79 Å². The summed E-state index contributed by atoms with van der Waals surface area (Å²) < 4.78 is 16.2. The van der Waals surface area contributed by atoms with Gasteiger partial charge in [-0.25, -0.2) is 0 Å². The maximum atomic E-state index is 12.3. The summed E-state index contributed by atoms with van der Waals surface area (Å²) in [5, 5.41) is 11.3. The molecule has 1 fully saturated rings. The van der Waals surface area contributed by atoms with E-state index >= 15 is 0 Å². The highest BCUT2D eigenvalue weighted by molar-refractivity contribution is 8.00. The summed E-state index contributed by atoms with van der Waals surface area (Å²) in [4.78, 5) is 12.3. The third-order valence-corrected chi connectivity index (χ3v) is 5.29. The van der Waals surface area contributed by atoms with Crippen LogP contribution in [0, 0.1) is 0 Å². The first kappa shape index (κ1) is 18.6. The molecule has 1 N–H and O–H groups in total. The Morgan fingerprint density at radius 1 is 1.19 bits per heavy atom.